The fourth-order valence-corrected chi connectivity index (χ4v) is 2.07. The highest BCUT2D eigenvalue weighted by molar-refractivity contribution is 5.61. The number of anilines is 1. The van der Waals surface area contributed by atoms with Gasteiger partial charge in [-0.3, -0.25) is 0 Å². The van der Waals surface area contributed by atoms with Crippen molar-refractivity contribution < 1.29 is 0 Å². The van der Waals surface area contributed by atoms with Crippen molar-refractivity contribution in [3.63, 3.8) is 0 Å². The summed E-state index contributed by atoms with van der Waals surface area (Å²) in [5, 5.41) is 0. The highest BCUT2D eigenvalue weighted by Gasteiger charge is 2.10. The molecule has 0 aliphatic heterocycles. The minimum Gasteiger partial charge on any atom is -0.377 e. The largest absolute Gasteiger partial charge is 0.377 e. The molecule has 0 N–H and O–H groups in total. The molecule has 0 aliphatic carbocycles. The van der Waals surface area contributed by atoms with Crippen LogP contribution in [0.2, 0.25) is 0 Å². The van der Waals surface area contributed by atoms with Gasteiger partial charge in [-0.25, -0.2) is 0 Å². The molecule has 0 aromatic heterocycles. The SMILES string of the molecule is CCc1ccc(C)c(CC)c1N(C)C. The van der Waals surface area contributed by atoms with Crippen molar-refractivity contribution in [2.45, 2.75) is 33.6 Å². The van der Waals surface area contributed by atoms with Crippen LogP contribution in [0, 0.1) is 6.92 Å². The molecule has 0 saturated heterocycles. The second-order valence-corrected chi connectivity index (χ2v) is 3.97. The molecule has 0 unspecified atom stereocenters. The van der Waals surface area contributed by atoms with Crippen LogP contribution in [-0.4, -0.2) is 14.1 Å². The number of benzene rings is 1. The fraction of sp³-hybridized carbons (Fsp3) is 0.538. The zero-order chi connectivity index (χ0) is 10.7. The van der Waals surface area contributed by atoms with E-state index < -0.39 is 0 Å². The van der Waals surface area contributed by atoms with Crippen LogP contribution in [0.1, 0.15) is 30.5 Å². The minimum atomic E-state index is 1.11. The van der Waals surface area contributed by atoms with E-state index in [1.165, 1.54) is 22.4 Å². The summed E-state index contributed by atoms with van der Waals surface area (Å²) in [7, 11) is 4.26. The monoisotopic (exact) mass is 191 g/mol. The highest BCUT2D eigenvalue weighted by atomic mass is 15.1. The van der Waals surface area contributed by atoms with Crippen molar-refractivity contribution in [2.24, 2.45) is 0 Å². The first-order valence-electron chi connectivity index (χ1n) is 5.40. The molecule has 0 radical (unpaired) electrons. The van der Waals surface area contributed by atoms with Crippen molar-refractivity contribution in [3.8, 4) is 0 Å². The zero-order valence-electron chi connectivity index (χ0n) is 10.0. The van der Waals surface area contributed by atoms with Crippen LogP contribution in [0.15, 0.2) is 12.1 Å². The molecule has 0 saturated carbocycles. The van der Waals surface area contributed by atoms with Crippen LogP contribution in [0.3, 0.4) is 0 Å². The van der Waals surface area contributed by atoms with E-state index in [0.29, 0.717) is 0 Å². The average Bonchev–Trinajstić information content (AvgIpc) is 2.17. The first-order chi connectivity index (χ1) is 6.61. The van der Waals surface area contributed by atoms with Gasteiger partial charge in [-0.2, -0.15) is 0 Å². The van der Waals surface area contributed by atoms with Gasteiger partial charge in [0.1, 0.15) is 0 Å². The summed E-state index contributed by atoms with van der Waals surface area (Å²) >= 11 is 0. The van der Waals surface area contributed by atoms with Gasteiger partial charge in [-0.15, -0.1) is 0 Å². The van der Waals surface area contributed by atoms with Crippen molar-refractivity contribution in [1.29, 1.82) is 0 Å². The Labute approximate surface area is 87.7 Å². The van der Waals surface area contributed by atoms with Gasteiger partial charge in [0.15, 0.2) is 0 Å². The van der Waals surface area contributed by atoms with E-state index in [1.54, 1.807) is 0 Å². The molecule has 1 rings (SSSR count). The summed E-state index contributed by atoms with van der Waals surface area (Å²) < 4.78 is 0. The summed E-state index contributed by atoms with van der Waals surface area (Å²) in [6, 6.07) is 4.49. The molecule has 0 spiro atoms. The molecule has 0 fully saturated rings. The van der Waals surface area contributed by atoms with Crippen LogP contribution < -0.4 is 4.90 Å². The maximum atomic E-state index is 2.25. The summed E-state index contributed by atoms with van der Waals surface area (Å²) in [4.78, 5) is 2.24. The molecule has 0 aliphatic rings. The van der Waals surface area contributed by atoms with Crippen LogP contribution in [0.5, 0.6) is 0 Å². The molecule has 1 heteroatoms. The molecule has 0 bridgehead atoms. The van der Waals surface area contributed by atoms with Gasteiger partial charge in [0.2, 0.25) is 0 Å². The number of hydrogen-bond acceptors (Lipinski definition) is 1. The van der Waals surface area contributed by atoms with Gasteiger partial charge < -0.3 is 4.90 Å². The van der Waals surface area contributed by atoms with E-state index in [9.17, 15) is 0 Å². The lowest BCUT2D eigenvalue weighted by atomic mass is 9.98. The minimum absolute atomic E-state index is 1.11. The third-order valence-corrected chi connectivity index (χ3v) is 2.78. The number of nitrogens with zero attached hydrogens (tertiary/aromatic N) is 1. The Morgan fingerprint density at radius 1 is 1.07 bits per heavy atom. The van der Waals surface area contributed by atoms with Gasteiger partial charge in [-0.05, 0) is 36.5 Å². The van der Waals surface area contributed by atoms with Gasteiger partial charge in [0.05, 0.1) is 0 Å². The first kappa shape index (κ1) is 11.1. The van der Waals surface area contributed by atoms with E-state index in [1.807, 2.05) is 0 Å². The lowest BCUT2D eigenvalue weighted by molar-refractivity contribution is 1.00. The summed E-state index contributed by atoms with van der Waals surface area (Å²) in [6.45, 7) is 6.65. The summed E-state index contributed by atoms with van der Waals surface area (Å²) in [6.07, 6.45) is 2.23. The van der Waals surface area contributed by atoms with E-state index >= 15 is 0 Å². The van der Waals surface area contributed by atoms with E-state index in [2.05, 4.69) is 51.9 Å². The average molecular weight is 191 g/mol. The Kier molecular flexibility index (Phi) is 3.56. The molecule has 0 amide bonds. The van der Waals surface area contributed by atoms with Crippen molar-refractivity contribution >= 4 is 5.69 Å². The predicted molar refractivity (Wildman–Crippen MR) is 64.3 cm³/mol. The molecule has 1 nitrogen and oxygen atoms in total. The maximum Gasteiger partial charge on any atom is 0.0428 e. The van der Waals surface area contributed by atoms with E-state index in [0.717, 1.165) is 12.8 Å². The van der Waals surface area contributed by atoms with Crippen LogP contribution in [0.4, 0.5) is 5.69 Å². The Balaban J connectivity index is 3.36. The Morgan fingerprint density at radius 3 is 2.14 bits per heavy atom. The molecule has 14 heavy (non-hydrogen) atoms. The Bertz CT molecular complexity index is 313. The highest BCUT2D eigenvalue weighted by Crippen LogP contribution is 2.27. The summed E-state index contributed by atoms with van der Waals surface area (Å²) in [5.74, 6) is 0. The van der Waals surface area contributed by atoms with Crippen LogP contribution in [0.25, 0.3) is 0 Å². The second kappa shape index (κ2) is 4.50. The number of aryl methyl sites for hydroxylation is 2. The maximum absolute atomic E-state index is 2.25. The van der Waals surface area contributed by atoms with Gasteiger partial charge in [0, 0.05) is 19.8 Å². The molecule has 0 atom stereocenters. The lowest BCUT2D eigenvalue weighted by Gasteiger charge is -2.22. The first-order valence-corrected chi connectivity index (χ1v) is 5.40. The molecule has 1 aromatic rings. The predicted octanol–water partition coefficient (Wildman–Crippen LogP) is 3.19. The van der Waals surface area contributed by atoms with Crippen molar-refractivity contribution in [2.75, 3.05) is 19.0 Å². The molecule has 0 heterocycles. The molecular weight excluding hydrogens is 170 g/mol. The van der Waals surface area contributed by atoms with E-state index in [4.69, 9.17) is 0 Å². The molecular formula is C13H21N. The zero-order valence-corrected chi connectivity index (χ0v) is 10.0. The second-order valence-electron chi connectivity index (χ2n) is 3.97. The topological polar surface area (TPSA) is 3.24 Å². The normalized spacial score (nSPS) is 10.4. The Hall–Kier alpha value is -0.980. The van der Waals surface area contributed by atoms with Gasteiger partial charge in [-0.1, -0.05) is 26.0 Å². The standard InChI is InChI=1S/C13H21N/c1-6-11-9-8-10(3)12(7-2)13(11)14(4)5/h8-9H,6-7H2,1-5H3. The van der Waals surface area contributed by atoms with Gasteiger partial charge in [0.25, 0.3) is 0 Å². The fourth-order valence-electron chi connectivity index (χ4n) is 2.07. The lowest BCUT2D eigenvalue weighted by Crippen LogP contribution is -2.14. The summed E-state index contributed by atoms with van der Waals surface area (Å²) in [5.41, 5.74) is 5.79. The third-order valence-electron chi connectivity index (χ3n) is 2.78. The number of hydrogen-bond donors (Lipinski definition) is 0. The van der Waals surface area contributed by atoms with Gasteiger partial charge >= 0.3 is 0 Å². The third kappa shape index (κ3) is 1.92. The number of rotatable bonds is 3. The quantitative estimate of drug-likeness (QED) is 0.709. The van der Waals surface area contributed by atoms with E-state index in [-0.39, 0.29) is 0 Å². The molecule has 1 aromatic carbocycles. The van der Waals surface area contributed by atoms with Crippen LogP contribution in [-0.2, 0) is 12.8 Å². The molecule has 78 valence electrons. The smallest absolute Gasteiger partial charge is 0.0428 e. The van der Waals surface area contributed by atoms with Crippen molar-refractivity contribution in [1.82, 2.24) is 0 Å². The van der Waals surface area contributed by atoms with Crippen molar-refractivity contribution in [3.05, 3.63) is 28.8 Å². The Morgan fingerprint density at radius 2 is 1.71 bits per heavy atom. The van der Waals surface area contributed by atoms with Crippen LogP contribution >= 0.6 is 0 Å².